The average molecular weight is 520 g/mol. The number of aryl methyl sites for hydroxylation is 1. The zero-order chi connectivity index (χ0) is 27.2. The van der Waals surface area contributed by atoms with Crippen molar-refractivity contribution < 1.29 is 9.53 Å². The summed E-state index contributed by atoms with van der Waals surface area (Å²) in [5.41, 5.74) is 10.5. The van der Waals surface area contributed by atoms with Crippen LogP contribution in [0.1, 0.15) is 121 Å². The van der Waals surface area contributed by atoms with Crippen LogP contribution in [0.15, 0.2) is 29.8 Å². The number of fused-ring (bicyclic) bond motifs is 5. The molecule has 0 aliphatic heterocycles. The third-order valence-corrected chi connectivity index (χ3v) is 12.0. The first-order valence-electron chi connectivity index (χ1n) is 15.8. The minimum atomic E-state index is -0.196. The number of allylic oxidation sites excluding steroid dienone is 1. The van der Waals surface area contributed by atoms with E-state index >= 15 is 0 Å². The van der Waals surface area contributed by atoms with E-state index in [2.05, 4.69) is 40.7 Å². The van der Waals surface area contributed by atoms with Gasteiger partial charge in [0, 0.05) is 12.1 Å². The Bertz CT molecular complexity index is 1060. The molecule has 3 heteroatoms. The molecule has 0 amide bonds. The molecule has 3 saturated carbocycles. The lowest BCUT2D eigenvalue weighted by Crippen LogP contribution is -2.51. The Labute approximate surface area is 232 Å². The molecule has 0 aromatic heterocycles. The Morgan fingerprint density at radius 3 is 2.58 bits per heavy atom. The van der Waals surface area contributed by atoms with Crippen LogP contribution in [0.3, 0.4) is 0 Å². The van der Waals surface area contributed by atoms with Gasteiger partial charge < -0.3 is 10.5 Å². The summed E-state index contributed by atoms with van der Waals surface area (Å²) in [4.78, 5) is 13.0. The summed E-state index contributed by atoms with van der Waals surface area (Å²) in [6.07, 6.45) is 16.7. The van der Waals surface area contributed by atoms with Gasteiger partial charge in [0.05, 0.1) is 5.56 Å². The quantitative estimate of drug-likeness (QED) is 0.222. The van der Waals surface area contributed by atoms with Gasteiger partial charge in [0.15, 0.2) is 0 Å². The van der Waals surface area contributed by atoms with E-state index in [0.717, 1.165) is 60.3 Å². The number of esters is 1. The topological polar surface area (TPSA) is 52.3 Å². The fourth-order valence-electron chi connectivity index (χ4n) is 9.88. The molecule has 210 valence electrons. The molecule has 5 rings (SSSR count). The van der Waals surface area contributed by atoms with E-state index in [4.69, 9.17) is 10.5 Å². The maximum Gasteiger partial charge on any atom is 0.338 e. The maximum atomic E-state index is 13.0. The molecule has 0 bridgehead atoms. The third-order valence-electron chi connectivity index (χ3n) is 12.0. The number of hydrogen-bond acceptors (Lipinski definition) is 3. The highest BCUT2D eigenvalue weighted by atomic mass is 16.5. The Kier molecular flexibility index (Phi) is 7.79. The molecule has 3 fully saturated rings. The van der Waals surface area contributed by atoms with Crippen LogP contribution in [0.5, 0.6) is 0 Å². The van der Waals surface area contributed by atoms with Crippen molar-refractivity contribution in [3.63, 3.8) is 0 Å². The Morgan fingerprint density at radius 2 is 1.84 bits per heavy atom. The molecule has 4 aliphatic carbocycles. The van der Waals surface area contributed by atoms with Crippen molar-refractivity contribution in [2.45, 2.75) is 118 Å². The normalized spacial score (nSPS) is 37.1. The number of nitrogen functional groups attached to an aromatic ring is 1. The fourth-order valence-corrected chi connectivity index (χ4v) is 9.88. The summed E-state index contributed by atoms with van der Waals surface area (Å²) in [5.74, 6) is 4.93. The SMILES string of the molecule is Cc1cc(N)ccc1C(=O)O[C@H]1CC[C@@]2(C)C(=CC[C@H]3[C@H]4CC[C@H]([C@H](C)CCCC(C)C)[C@@]4(C)CC[C@H]32)C1. The van der Waals surface area contributed by atoms with Gasteiger partial charge in [-0.2, -0.15) is 0 Å². The van der Waals surface area contributed by atoms with Gasteiger partial charge in [-0.1, -0.05) is 65.5 Å². The lowest BCUT2D eigenvalue weighted by Gasteiger charge is -2.58. The molecule has 4 aliphatic rings. The minimum absolute atomic E-state index is 0.00765. The number of benzene rings is 1. The maximum absolute atomic E-state index is 13.0. The van der Waals surface area contributed by atoms with Crippen molar-refractivity contribution in [2.24, 2.45) is 46.3 Å². The molecule has 0 saturated heterocycles. The highest BCUT2D eigenvalue weighted by molar-refractivity contribution is 5.91. The summed E-state index contributed by atoms with van der Waals surface area (Å²) in [5, 5.41) is 0. The summed E-state index contributed by atoms with van der Waals surface area (Å²) in [6, 6.07) is 5.46. The lowest BCUT2D eigenvalue weighted by atomic mass is 9.47. The van der Waals surface area contributed by atoms with Crippen LogP contribution in [-0.4, -0.2) is 12.1 Å². The van der Waals surface area contributed by atoms with Crippen LogP contribution < -0.4 is 5.73 Å². The van der Waals surface area contributed by atoms with E-state index in [1.165, 1.54) is 51.4 Å². The zero-order valence-corrected chi connectivity index (χ0v) is 25.0. The third kappa shape index (κ3) is 4.97. The molecular weight excluding hydrogens is 466 g/mol. The van der Waals surface area contributed by atoms with Crippen LogP contribution in [0.4, 0.5) is 5.69 Å². The summed E-state index contributed by atoms with van der Waals surface area (Å²) in [7, 11) is 0. The van der Waals surface area contributed by atoms with Crippen molar-refractivity contribution in [1.82, 2.24) is 0 Å². The highest BCUT2D eigenvalue weighted by Crippen LogP contribution is 2.67. The van der Waals surface area contributed by atoms with Crippen LogP contribution in [0.2, 0.25) is 0 Å². The van der Waals surface area contributed by atoms with Gasteiger partial charge in [0.25, 0.3) is 0 Å². The van der Waals surface area contributed by atoms with Crippen molar-refractivity contribution in [3.05, 3.63) is 41.0 Å². The van der Waals surface area contributed by atoms with E-state index in [9.17, 15) is 4.79 Å². The molecule has 2 N–H and O–H groups in total. The highest BCUT2D eigenvalue weighted by Gasteiger charge is 2.59. The molecule has 0 heterocycles. The van der Waals surface area contributed by atoms with Gasteiger partial charge >= 0.3 is 5.97 Å². The van der Waals surface area contributed by atoms with E-state index in [1.807, 2.05) is 19.1 Å². The second-order valence-corrected chi connectivity index (χ2v) is 14.6. The zero-order valence-electron chi connectivity index (χ0n) is 25.0. The molecule has 8 atom stereocenters. The number of nitrogens with two attached hydrogens (primary N) is 1. The van der Waals surface area contributed by atoms with Crippen molar-refractivity contribution in [2.75, 3.05) is 5.73 Å². The molecule has 0 unspecified atom stereocenters. The van der Waals surface area contributed by atoms with E-state index in [1.54, 1.807) is 11.6 Å². The predicted molar refractivity (Wildman–Crippen MR) is 158 cm³/mol. The van der Waals surface area contributed by atoms with Crippen LogP contribution >= 0.6 is 0 Å². The van der Waals surface area contributed by atoms with Crippen molar-refractivity contribution in [1.29, 1.82) is 0 Å². The average Bonchev–Trinajstić information content (AvgIpc) is 3.21. The first kappa shape index (κ1) is 27.8. The Morgan fingerprint density at radius 1 is 1.05 bits per heavy atom. The Balaban J connectivity index is 1.25. The standard InChI is InChI=1S/C35H53NO2/c1-22(2)8-7-9-23(3)30-14-15-31-29-12-10-25-21-27(38-33(37)28-13-11-26(36)20-24(28)4)16-18-34(25,5)32(29)17-19-35(30,31)6/h10-11,13,20,22-23,27,29-32H,7-9,12,14-19,21,36H2,1-6H3/t23-,27+,29+,30-,31-,32-,34+,35-/m1/s1. The number of hydrogen-bond donors (Lipinski definition) is 1. The monoisotopic (exact) mass is 519 g/mol. The lowest BCUT2D eigenvalue weighted by molar-refractivity contribution is -0.0594. The smallest absolute Gasteiger partial charge is 0.338 e. The molecule has 1 aromatic carbocycles. The number of anilines is 1. The first-order valence-corrected chi connectivity index (χ1v) is 15.8. The van der Waals surface area contributed by atoms with Crippen molar-refractivity contribution in [3.8, 4) is 0 Å². The number of carbonyl (C=O) groups excluding carboxylic acids is 1. The largest absolute Gasteiger partial charge is 0.458 e. The summed E-state index contributed by atoms with van der Waals surface area (Å²) < 4.78 is 6.08. The summed E-state index contributed by atoms with van der Waals surface area (Å²) in [6.45, 7) is 14.5. The first-order chi connectivity index (χ1) is 18.0. The van der Waals surface area contributed by atoms with Gasteiger partial charge in [0.2, 0.25) is 0 Å². The number of carbonyl (C=O) groups is 1. The molecule has 0 radical (unpaired) electrons. The van der Waals surface area contributed by atoms with Crippen LogP contribution in [0, 0.1) is 53.3 Å². The van der Waals surface area contributed by atoms with Crippen LogP contribution in [0.25, 0.3) is 0 Å². The molecular formula is C35H53NO2. The minimum Gasteiger partial charge on any atom is -0.458 e. The van der Waals surface area contributed by atoms with Gasteiger partial charge in [-0.25, -0.2) is 4.79 Å². The van der Waals surface area contributed by atoms with E-state index in [-0.39, 0.29) is 17.5 Å². The number of rotatable bonds is 7. The second kappa shape index (κ2) is 10.7. The van der Waals surface area contributed by atoms with Gasteiger partial charge in [0.1, 0.15) is 6.10 Å². The van der Waals surface area contributed by atoms with Crippen LogP contribution in [-0.2, 0) is 4.74 Å². The van der Waals surface area contributed by atoms with Gasteiger partial charge in [-0.3, -0.25) is 0 Å². The number of ether oxygens (including phenoxy) is 1. The second-order valence-electron chi connectivity index (χ2n) is 14.6. The van der Waals surface area contributed by atoms with Gasteiger partial charge in [-0.05, 0) is 122 Å². The Hall–Kier alpha value is -1.77. The van der Waals surface area contributed by atoms with Gasteiger partial charge in [-0.15, -0.1) is 0 Å². The van der Waals surface area contributed by atoms with Crippen molar-refractivity contribution >= 4 is 11.7 Å². The molecule has 1 aromatic rings. The van der Waals surface area contributed by atoms with E-state index < -0.39 is 0 Å². The fraction of sp³-hybridized carbons (Fsp3) is 0.743. The van der Waals surface area contributed by atoms with E-state index in [0.29, 0.717) is 16.7 Å². The molecule has 38 heavy (non-hydrogen) atoms. The molecule has 3 nitrogen and oxygen atoms in total. The predicted octanol–water partition coefficient (Wildman–Crippen LogP) is 9.14. The molecule has 0 spiro atoms. The summed E-state index contributed by atoms with van der Waals surface area (Å²) >= 11 is 0.